The van der Waals surface area contributed by atoms with Crippen LogP contribution in [0.1, 0.15) is 10.4 Å². The van der Waals surface area contributed by atoms with Gasteiger partial charge in [-0.15, -0.1) is 0 Å². The molecule has 8 heteroatoms. The minimum Gasteiger partial charge on any atom is -0.398 e. The van der Waals surface area contributed by atoms with Gasteiger partial charge >= 0.3 is 12.3 Å². The molecule has 0 bridgehead atoms. The molecule has 0 saturated carbocycles. The molecule has 0 aliphatic rings. The highest BCUT2D eigenvalue weighted by atomic mass is 35.5. The van der Waals surface area contributed by atoms with Crippen LogP contribution in [0, 0.1) is 0 Å². The molecule has 0 heterocycles. The van der Waals surface area contributed by atoms with Gasteiger partial charge in [0, 0.05) is 10.7 Å². The molecule has 3 nitrogen and oxygen atoms in total. The van der Waals surface area contributed by atoms with E-state index >= 15 is 0 Å². The summed E-state index contributed by atoms with van der Waals surface area (Å²) in [5.74, 6) is -5.28. The minimum atomic E-state index is -4.29. The van der Waals surface area contributed by atoms with Crippen molar-refractivity contribution in [3.05, 3.63) is 28.8 Å². The average Bonchev–Trinajstić information content (AvgIpc) is 2.29. The van der Waals surface area contributed by atoms with Crippen LogP contribution in [0.4, 0.5) is 23.2 Å². The highest BCUT2D eigenvalue weighted by Crippen LogP contribution is 2.22. The molecular formula is C10H9ClF4N2O. The summed E-state index contributed by atoms with van der Waals surface area (Å²) in [7, 11) is 0. The Kier molecular flexibility index (Phi) is 4.39. The molecule has 100 valence electrons. The van der Waals surface area contributed by atoms with Gasteiger partial charge in [0.2, 0.25) is 0 Å². The van der Waals surface area contributed by atoms with Crippen LogP contribution in [0.25, 0.3) is 0 Å². The molecule has 0 saturated heterocycles. The summed E-state index contributed by atoms with van der Waals surface area (Å²) in [6.45, 7) is -1.48. The Morgan fingerprint density at radius 3 is 2.61 bits per heavy atom. The molecule has 0 unspecified atom stereocenters. The Labute approximate surface area is 105 Å². The van der Waals surface area contributed by atoms with Crippen molar-refractivity contribution in [2.75, 3.05) is 12.3 Å². The quantitative estimate of drug-likeness (QED) is 0.659. The van der Waals surface area contributed by atoms with Crippen molar-refractivity contribution in [2.45, 2.75) is 12.3 Å². The summed E-state index contributed by atoms with van der Waals surface area (Å²) in [6, 6.07) is 3.87. The monoisotopic (exact) mass is 284 g/mol. The highest BCUT2D eigenvalue weighted by molar-refractivity contribution is 6.31. The van der Waals surface area contributed by atoms with Gasteiger partial charge in [0.25, 0.3) is 5.91 Å². The lowest BCUT2D eigenvalue weighted by atomic mass is 10.1. The summed E-state index contributed by atoms with van der Waals surface area (Å²) in [5, 5.41) is 1.86. The molecule has 0 aliphatic heterocycles. The van der Waals surface area contributed by atoms with Gasteiger partial charge in [-0.1, -0.05) is 11.6 Å². The number of halogens is 5. The Hall–Kier alpha value is -1.50. The van der Waals surface area contributed by atoms with E-state index < -0.39 is 24.8 Å². The van der Waals surface area contributed by atoms with Crippen molar-refractivity contribution in [1.29, 1.82) is 0 Å². The number of rotatable bonds is 4. The predicted octanol–water partition coefficient (Wildman–Crippen LogP) is 2.55. The van der Waals surface area contributed by atoms with E-state index in [1.54, 1.807) is 5.32 Å². The second-order valence-electron chi connectivity index (χ2n) is 3.48. The lowest BCUT2D eigenvalue weighted by molar-refractivity contribution is -0.123. The number of hydrogen-bond donors (Lipinski definition) is 2. The molecule has 0 aliphatic carbocycles. The van der Waals surface area contributed by atoms with Gasteiger partial charge in [-0.2, -0.15) is 8.78 Å². The largest absolute Gasteiger partial charge is 0.398 e. The van der Waals surface area contributed by atoms with Crippen molar-refractivity contribution in [3.63, 3.8) is 0 Å². The summed E-state index contributed by atoms with van der Waals surface area (Å²) < 4.78 is 48.9. The maximum absolute atomic E-state index is 12.6. The second kappa shape index (κ2) is 5.43. The molecule has 0 aromatic heterocycles. The SMILES string of the molecule is Nc1ccc(Cl)cc1C(=O)NCC(F)(F)C(F)F. The topological polar surface area (TPSA) is 55.1 Å². The Balaban J connectivity index is 2.75. The first-order valence-electron chi connectivity index (χ1n) is 4.73. The third-order valence-corrected chi connectivity index (χ3v) is 2.30. The average molecular weight is 285 g/mol. The van der Waals surface area contributed by atoms with Crippen molar-refractivity contribution >= 4 is 23.2 Å². The van der Waals surface area contributed by atoms with Crippen molar-refractivity contribution in [3.8, 4) is 0 Å². The molecule has 0 fully saturated rings. The normalized spacial score (nSPS) is 11.7. The van der Waals surface area contributed by atoms with E-state index in [4.69, 9.17) is 17.3 Å². The molecule has 0 radical (unpaired) electrons. The first-order chi connectivity index (χ1) is 8.24. The Morgan fingerprint density at radius 1 is 1.44 bits per heavy atom. The molecule has 1 amide bonds. The lowest BCUT2D eigenvalue weighted by Crippen LogP contribution is -2.41. The van der Waals surface area contributed by atoms with E-state index in [1.807, 2.05) is 0 Å². The fraction of sp³-hybridized carbons (Fsp3) is 0.300. The first kappa shape index (κ1) is 14.6. The maximum Gasteiger partial charge on any atom is 0.324 e. The molecular weight excluding hydrogens is 276 g/mol. The van der Waals surface area contributed by atoms with E-state index in [-0.39, 0.29) is 16.3 Å². The smallest absolute Gasteiger partial charge is 0.324 e. The van der Waals surface area contributed by atoms with Gasteiger partial charge in [0.15, 0.2) is 0 Å². The van der Waals surface area contributed by atoms with Crippen LogP contribution in [0.5, 0.6) is 0 Å². The third kappa shape index (κ3) is 3.49. The number of nitrogens with two attached hydrogens (primary N) is 1. The summed E-state index contributed by atoms with van der Waals surface area (Å²) in [4.78, 5) is 11.5. The number of carbonyl (C=O) groups is 1. The van der Waals surface area contributed by atoms with Crippen LogP contribution < -0.4 is 11.1 Å². The number of amides is 1. The van der Waals surface area contributed by atoms with Crippen LogP contribution >= 0.6 is 11.6 Å². The van der Waals surface area contributed by atoms with Gasteiger partial charge in [0.05, 0.1) is 12.1 Å². The van der Waals surface area contributed by atoms with Crippen LogP contribution in [-0.4, -0.2) is 24.8 Å². The van der Waals surface area contributed by atoms with Gasteiger partial charge in [-0.25, -0.2) is 8.78 Å². The van der Waals surface area contributed by atoms with Crippen molar-refractivity contribution < 1.29 is 22.4 Å². The number of anilines is 1. The van der Waals surface area contributed by atoms with Crippen molar-refractivity contribution in [1.82, 2.24) is 5.32 Å². The Morgan fingerprint density at radius 2 is 2.06 bits per heavy atom. The number of carbonyl (C=O) groups excluding carboxylic acids is 1. The zero-order valence-electron chi connectivity index (χ0n) is 8.89. The molecule has 18 heavy (non-hydrogen) atoms. The van der Waals surface area contributed by atoms with E-state index in [0.717, 1.165) is 6.07 Å². The molecule has 1 rings (SSSR count). The minimum absolute atomic E-state index is 0.0114. The number of benzene rings is 1. The number of hydrogen-bond acceptors (Lipinski definition) is 2. The van der Waals surface area contributed by atoms with Crippen LogP contribution in [0.15, 0.2) is 18.2 Å². The van der Waals surface area contributed by atoms with Gasteiger partial charge in [-0.3, -0.25) is 4.79 Å². The standard InChI is InChI=1S/C10H9ClF4N2O/c11-5-1-2-7(16)6(3-5)8(18)17-4-10(14,15)9(12)13/h1-3,9H,4,16H2,(H,17,18). The van der Waals surface area contributed by atoms with E-state index in [2.05, 4.69) is 0 Å². The highest BCUT2D eigenvalue weighted by Gasteiger charge is 2.40. The van der Waals surface area contributed by atoms with Gasteiger partial charge in [-0.05, 0) is 18.2 Å². The van der Waals surface area contributed by atoms with Crippen LogP contribution in [-0.2, 0) is 0 Å². The molecule has 0 atom stereocenters. The number of alkyl halides is 4. The molecule has 0 spiro atoms. The number of nitrogens with one attached hydrogen (secondary N) is 1. The zero-order valence-corrected chi connectivity index (χ0v) is 9.65. The molecule has 1 aromatic carbocycles. The van der Waals surface area contributed by atoms with E-state index in [9.17, 15) is 22.4 Å². The van der Waals surface area contributed by atoms with E-state index in [1.165, 1.54) is 12.1 Å². The summed E-state index contributed by atoms with van der Waals surface area (Å²) in [6.07, 6.45) is -3.85. The number of nitrogen functional groups attached to an aromatic ring is 1. The Bertz CT molecular complexity index is 454. The first-order valence-corrected chi connectivity index (χ1v) is 5.11. The van der Waals surface area contributed by atoms with Crippen LogP contribution in [0.2, 0.25) is 5.02 Å². The fourth-order valence-electron chi connectivity index (χ4n) is 1.10. The predicted molar refractivity (Wildman–Crippen MR) is 59.1 cm³/mol. The van der Waals surface area contributed by atoms with Gasteiger partial charge < -0.3 is 11.1 Å². The fourth-order valence-corrected chi connectivity index (χ4v) is 1.27. The van der Waals surface area contributed by atoms with Crippen molar-refractivity contribution in [2.24, 2.45) is 0 Å². The van der Waals surface area contributed by atoms with Crippen LogP contribution in [0.3, 0.4) is 0 Å². The zero-order chi connectivity index (χ0) is 13.9. The molecule has 1 aromatic rings. The summed E-state index contributed by atoms with van der Waals surface area (Å²) >= 11 is 5.60. The maximum atomic E-state index is 12.6. The van der Waals surface area contributed by atoms with E-state index in [0.29, 0.717) is 0 Å². The third-order valence-electron chi connectivity index (χ3n) is 2.06. The second-order valence-corrected chi connectivity index (χ2v) is 3.91. The molecule has 3 N–H and O–H groups in total. The summed E-state index contributed by atoms with van der Waals surface area (Å²) in [5.41, 5.74) is 5.30. The lowest BCUT2D eigenvalue weighted by Gasteiger charge is -2.16. The van der Waals surface area contributed by atoms with Gasteiger partial charge in [0.1, 0.15) is 0 Å².